The topological polar surface area (TPSA) is 102 Å². The Bertz CT molecular complexity index is 436. The quantitative estimate of drug-likeness (QED) is 0.685. The van der Waals surface area contributed by atoms with Crippen LogP contribution >= 0.6 is 0 Å². The van der Waals surface area contributed by atoms with Crippen LogP contribution in [0.25, 0.3) is 0 Å². The van der Waals surface area contributed by atoms with E-state index in [-0.39, 0.29) is 12.4 Å². The highest BCUT2D eigenvalue weighted by Gasteiger charge is 2.08. The minimum absolute atomic E-state index is 0.151. The molecule has 0 saturated carbocycles. The number of ether oxygens (including phenoxy) is 1. The number of amides is 3. The first-order valence-electron chi connectivity index (χ1n) is 4.64. The molecule has 0 heterocycles. The van der Waals surface area contributed by atoms with Crippen LogP contribution in [0.15, 0.2) is 18.2 Å². The molecule has 0 unspecified atom stereocenters. The van der Waals surface area contributed by atoms with Gasteiger partial charge in [-0.1, -0.05) is 6.07 Å². The molecule has 0 aromatic heterocycles. The molecule has 1 rings (SSSR count). The van der Waals surface area contributed by atoms with Crippen LogP contribution in [0.5, 0.6) is 5.75 Å². The van der Waals surface area contributed by atoms with Gasteiger partial charge in [0, 0.05) is 0 Å². The third-order valence-electron chi connectivity index (χ3n) is 1.80. The number of urea groups is 1. The summed E-state index contributed by atoms with van der Waals surface area (Å²) >= 11 is 0. The minimum Gasteiger partial charge on any atom is -0.481 e. The van der Waals surface area contributed by atoms with Crippen LogP contribution in [0.2, 0.25) is 0 Å². The Morgan fingerprint density at radius 3 is 2.71 bits per heavy atom. The van der Waals surface area contributed by atoms with Crippen LogP contribution in [0.3, 0.4) is 0 Å². The minimum atomic E-state index is -1.00. The second-order valence-electron chi connectivity index (χ2n) is 3.12. The molecule has 0 saturated heterocycles. The molecule has 4 N–H and O–H groups in total. The van der Waals surface area contributed by atoms with E-state index in [2.05, 4.69) is 0 Å². The van der Waals surface area contributed by atoms with Crippen LogP contribution in [-0.4, -0.2) is 23.7 Å². The first-order valence-corrected chi connectivity index (χ1v) is 4.64. The molecule has 1 aromatic rings. The summed E-state index contributed by atoms with van der Waals surface area (Å²) in [5.41, 5.74) is 5.09. The Hall–Kier alpha value is -2.15. The Morgan fingerprint density at radius 1 is 1.47 bits per heavy atom. The van der Waals surface area contributed by atoms with Crippen molar-refractivity contribution < 1.29 is 23.8 Å². The van der Waals surface area contributed by atoms with Gasteiger partial charge in [-0.15, -0.1) is 0 Å². The highest BCUT2D eigenvalue weighted by molar-refractivity contribution is 5.94. The molecule has 0 spiro atoms. The summed E-state index contributed by atoms with van der Waals surface area (Å²) in [4.78, 5) is 21.3. The monoisotopic (exact) mass is 242 g/mol. The summed E-state index contributed by atoms with van der Waals surface area (Å²) in [6.45, 7) is -0.822. The van der Waals surface area contributed by atoms with E-state index in [0.29, 0.717) is 5.56 Å². The number of imide groups is 1. The number of nitrogens with one attached hydrogen (secondary N) is 1. The van der Waals surface area contributed by atoms with Gasteiger partial charge in [0.05, 0.1) is 6.61 Å². The number of carbonyl (C=O) groups excluding carboxylic acids is 2. The number of hydrogen-bond acceptors (Lipinski definition) is 4. The van der Waals surface area contributed by atoms with Gasteiger partial charge in [-0.05, 0) is 17.7 Å². The van der Waals surface area contributed by atoms with E-state index < -0.39 is 24.4 Å². The zero-order valence-corrected chi connectivity index (χ0v) is 8.77. The molecule has 0 radical (unpaired) electrons. The average Bonchev–Trinajstić information content (AvgIpc) is 2.26. The molecular weight excluding hydrogens is 231 g/mol. The van der Waals surface area contributed by atoms with Crippen LogP contribution < -0.4 is 15.8 Å². The summed E-state index contributed by atoms with van der Waals surface area (Å²) in [6, 6.07) is 2.80. The number of primary amides is 1. The lowest BCUT2D eigenvalue weighted by atomic mass is 10.2. The zero-order valence-electron chi connectivity index (χ0n) is 8.77. The number of rotatable bonds is 4. The fourth-order valence-electron chi connectivity index (χ4n) is 1.08. The van der Waals surface area contributed by atoms with Crippen molar-refractivity contribution in [2.75, 3.05) is 6.61 Å². The lowest BCUT2D eigenvalue weighted by molar-refractivity contribution is -0.121. The van der Waals surface area contributed by atoms with Crippen LogP contribution in [0, 0.1) is 5.82 Å². The normalized spacial score (nSPS) is 9.76. The van der Waals surface area contributed by atoms with Crippen molar-refractivity contribution in [2.45, 2.75) is 6.61 Å². The molecule has 0 atom stereocenters. The lowest BCUT2D eigenvalue weighted by Gasteiger charge is -2.07. The maximum Gasteiger partial charge on any atom is 0.318 e. The third-order valence-corrected chi connectivity index (χ3v) is 1.80. The van der Waals surface area contributed by atoms with E-state index >= 15 is 0 Å². The summed E-state index contributed by atoms with van der Waals surface area (Å²) in [6.07, 6.45) is 0. The molecule has 0 aliphatic rings. The van der Waals surface area contributed by atoms with Crippen molar-refractivity contribution in [1.82, 2.24) is 5.32 Å². The molecule has 17 heavy (non-hydrogen) atoms. The first kappa shape index (κ1) is 12.9. The maximum atomic E-state index is 13.3. The fraction of sp³-hybridized carbons (Fsp3) is 0.200. The number of carbonyl (C=O) groups is 2. The number of hydrogen-bond donors (Lipinski definition) is 3. The van der Waals surface area contributed by atoms with Gasteiger partial charge in [-0.3, -0.25) is 10.1 Å². The molecule has 7 heteroatoms. The highest BCUT2D eigenvalue weighted by atomic mass is 19.1. The van der Waals surface area contributed by atoms with Gasteiger partial charge in [0.1, 0.15) is 0 Å². The molecule has 3 amide bonds. The molecule has 0 fully saturated rings. The SMILES string of the molecule is NC(=O)NC(=O)COc1ccc(CO)cc1F. The Labute approximate surface area is 96.2 Å². The van der Waals surface area contributed by atoms with Crippen molar-refractivity contribution in [3.63, 3.8) is 0 Å². The average molecular weight is 242 g/mol. The molecule has 0 aliphatic heterocycles. The third kappa shape index (κ3) is 4.07. The summed E-state index contributed by atoms with van der Waals surface area (Å²) in [5.74, 6) is -1.63. The highest BCUT2D eigenvalue weighted by Crippen LogP contribution is 2.18. The van der Waals surface area contributed by atoms with Crippen molar-refractivity contribution in [3.8, 4) is 5.75 Å². The first-order chi connectivity index (χ1) is 8.02. The van der Waals surface area contributed by atoms with Crippen molar-refractivity contribution >= 4 is 11.9 Å². The molecule has 6 nitrogen and oxygen atoms in total. The van der Waals surface area contributed by atoms with E-state index in [1.165, 1.54) is 12.1 Å². The fourth-order valence-corrected chi connectivity index (χ4v) is 1.08. The Morgan fingerprint density at radius 2 is 2.18 bits per heavy atom. The Balaban J connectivity index is 2.57. The summed E-state index contributed by atoms with van der Waals surface area (Å²) in [5, 5.41) is 10.5. The molecule has 1 aromatic carbocycles. The standard InChI is InChI=1S/C10H11FN2O4/c11-7-3-6(4-14)1-2-8(7)17-5-9(15)13-10(12)16/h1-3,14H,4-5H2,(H3,12,13,15,16). The van der Waals surface area contributed by atoms with Gasteiger partial charge >= 0.3 is 6.03 Å². The summed E-state index contributed by atoms with van der Waals surface area (Å²) < 4.78 is 18.1. The van der Waals surface area contributed by atoms with Gasteiger partial charge in [0.25, 0.3) is 5.91 Å². The van der Waals surface area contributed by atoms with E-state index in [1.54, 1.807) is 5.32 Å². The molecule has 0 bridgehead atoms. The number of benzene rings is 1. The lowest BCUT2D eigenvalue weighted by Crippen LogP contribution is -2.38. The van der Waals surface area contributed by atoms with Gasteiger partial charge in [-0.2, -0.15) is 0 Å². The molecule has 0 aliphatic carbocycles. The van der Waals surface area contributed by atoms with E-state index in [4.69, 9.17) is 15.6 Å². The van der Waals surface area contributed by atoms with E-state index in [0.717, 1.165) is 6.07 Å². The predicted molar refractivity (Wildman–Crippen MR) is 55.5 cm³/mol. The molecule has 92 valence electrons. The van der Waals surface area contributed by atoms with Gasteiger partial charge in [0.2, 0.25) is 0 Å². The van der Waals surface area contributed by atoms with Crippen LogP contribution in [-0.2, 0) is 11.4 Å². The van der Waals surface area contributed by atoms with Crippen molar-refractivity contribution in [2.24, 2.45) is 5.73 Å². The predicted octanol–water partition coefficient (Wildman–Crippen LogP) is -0.108. The van der Waals surface area contributed by atoms with E-state index in [9.17, 15) is 14.0 Å². The number of aliphatic hydroxyl groups excluding tert-OH is 1. The number of halogens is 1. The summed E-state index contributed by atoms with van der Waals surface area (Å²) in [7, 11) is 0. The van der Waals surface area contributed by atoms with Gasteiger partial charge in [-0.25, -0.2) is 9.18 Å². The number of aliphatic hydroxyl groups is 1. The van der Waals surface area contributed by atoms with Crippen molar-refractivity contribution in [3.05, 3.63) is 29.6 Å². The molecular formula is C10H11FN2O4. The largest absolute Gasteiger partial charge is 0.481 e. The van der Waals surface area contributed by atoms with Crippen LogP contribution in [0.4, 0.5) is 9.18 Å². The van der Waals surface area contributed by atoms with E-state index in [1.807, 2.05) is 0 Å². The maximum absolute atomic E-state index is 13.3. The van der Waals surface area contributed by atoms with Crippen LogP contribution in [0.1, 0.15) is 5.56 Å². The smallest absolute Gasteiger partial charge is 0.318 e. The van der Waals surface area contributed by atoms with Gasteiger partial charge in [0.15, 0.2) is 18.2 Å². The zero-order chi connectivity index (χ0) is 12.8. The van der Waals surface area contributed by atoms with Gasteiger partial charge < -0.3 is 15.6 Å². The second kappa shape index (κ2) is 5.80. The van der Waals surface area contributed by atoms with Crippen molar-refractivity contribution in [1.29, 1.82) is 0 Å². The second-order valence-corrected chi connectivity index (χ2v) is 3.12. The Kier molecular flexibility index (Phi) is 4.41. The number of nitrogens with two attached hydrogens (primary N) is 1.